The van der Waals surface area contributed by atoms with Crippen molar-refractivity contribution in [3.63, 3.8) is 0 Å². The van der Waals surface area contributed by atoms with Gasteiger partial charge < -0.3 is 10.1 Å². The number of nitrogens with one attached hydrogen (secondary N) is 2. The molecule has 0 spiro atoms. The molecule has 0 aliphatic heterocycles. The van der Waals surface area contributed by atoms with Crippen molar-refractivity contribution in [2.45, 2.75) is 44.6 Å². The molecular weight excluding hydrogens is 318 g/mol. The maximum Gasteiger partial charge on any atom is 0.273 e. The molecule has 9 heteroatoms. The van der Waals surface area contributed by atoms with E-state index in [4.69, 9.17) is 15.4 Å². The normalized spacial score (nSPS) is 12.1. The average Bonchev–Trinajstić information content (AvgIpc) is 2.78. The van der Waals surface area contributed by atoms with Crippen LogP contribution >= 0.6 is 10.7 Å². The minimum atomic E-state index is -4.07. The zero-order valence-corrected chi connectivity index (χ0v) is 14.0. The molecule has 0 unspecified atom stereocenters. The van der Waals surface area contributed by atoms with Crippen LogP contribution in [0.1, 0.15) is 49.8 Å². The predicted molar refractivity (Wildman–Crippen MR) is 79.1 cm³/mol. The Morgan fingerprint density at radius 3 is 2.48 bits per heavy atom. The zero-order chi connectivity index (χ0) is 16.2. The average molecular weight is 338 g/mol. The highest BCUT2D eigenvalue weighted by Gasteiger charge is 2.29. The number of aromatic amines is 1. The number of rotatable bonds is 7. The zero-order valence-electron chi connectivity index (χ0n) is 12.4. The Morgan fingerprint density at radius 2 is 2.00 bits per heavy atom. The van der Waals surface area contributed by atoms with Crippen LogP contribution < -0.4 is 5.32 Å². The topological polar surface area (TPSA) is 101 Å². The van der Waals surface area contributed by atoms with Crippen LogP contribution in [0.4, 0.5) is 0 Å². The van der Waals surface area contributed by atoms with Crippen molar-refractivity contribution < 1.29 is 17.9 Å². The lowest BCUT2D eigenvalue weighted by molar-refractivity contribution is 0.0743. The summed E-state index contributed by atoms with van der Waals surface area (Å²) >= 11 is 0. The van der Waals surface area contributed by atoms with Crippen LogP contribution in [-0.4, -0.2) is 43.8 Å². The number of amides is 1. The highest BCUT2D eigenvalue weighted by molar-refractivity contribution is 8.13. The van der Waals surface area contributed by atoms with Crippen LogP contribution in [0.15, 0.2) is 4.90 Å². The van der Waals surface area contributed by atoms with E-state index in [-0.39, 0.29) is 29.2 Å². The number of ether oxygens (including phenoxy) is 1. The van der Waals surface area contributed by atoms with Gasteiger partial charge in [-0.3, -0.25) is 9.89 Å². The summed E-state index contributed by atoms with van der Waals surface area (Å²) < 4.78 is 28.6. The smallest absolute Gasteiger partial charge is 0.273 e. The van der Waals surface area contributed by atoms with E-state index < -0.39 is 15.0 Å². The van der Waals surface area contributed by atoms with Crippen LogP contribution in [0.3, 0.4) is 0 Å². The minimum Gasteiger partial charge on any atom is -0.377 e. The molecule has 0 atom stereocenters. The molecule has 120 valence electrons. The van der Waals surface area contributed by atoms with Crippen LogP contribution in [0.25, 0.3) is 0 Å². The molecule has 1 aromatic rings. The number of carbonyl (C=O) groups is 1. The summed E-state index contributed by atoms with van der Waals surface area (Å²) in [5.74, 6) is -0.767. The Balaban J connectivity index is 2.90. The van der Waals surface area contributed by atoms with Crippen molar-refractivity contribution in [2.75, 3.05) is 13.2 Å². The van der Waals surface area contributed by atoms with E-state index in [1.165, 1.54) is 0 Å². The van der Waals surface area contributed by atoms with E-state index in [1.807, 2.05) is 13.8 Å². The Hall–Kier alpha value is -1.12. The lowest BCUT2D eigenvalue weighted by atomic mass is 10.1. The molecular formula is C12H20ClN3O4S. The molecule has 0 bridgehead atoms. The van der Waals surface area contributed by atoms with E-state index in [1.54, 1.807) is 13.8 Å². The highest BCUT2D eigenvalue weighted by atomic mass is 35.7. The van der Waals surface area contributed by atoms with Gasteiger partial charge in [0.25, 0.3) is 15.0 Å². The third kappa shape index (κ3) is 4.98. The summed E-state index contributed by atoms with van der Waals surface area (Å²) in [6.45, 7) is 7.89. The fourth-order valence-electron chi connectivity index (χ4n) is 1.68. The van der Waals surface area contributed by atoms with Gasteiger partial charge in [0.15, 0.2) is 5.69 Å². The molecule has 1 rings (SSSR count). The number of nitrogens with zero attached hydrogens (tertiary/aromatic N) is 1. The monoisotopic (exact) mass is 337 g/mol. The number of hydrogen-bond acceptors (Lipinski definition) is 5. The fourth-order valence-corrected chi connectivity index (χ4v) is 3.06. The van der Waals surface area contributed by atoms with Crippen LogP contribution in [-0.2, 0) is 13.8 Å². The molecule has 1 heterocycles. The van der Waals surface area contributed by atoms with Gasteiger partial charge in [0.1, 0.15) is 4.90 Å². The van der Waals surface area contributed by atoms with Gasteiger partial charge in [0.05, 0.1) is 18.4 Å². The Kier molecular flexibility index (Phi) is 6.18. The molecule has 0 saturated heterocycles. The van der Waals surface area contributed by atoms with Crippen molar-refractivity contribution in [1.29, 1.82) is 0 Å². The van der Waals surface area contributed by atoms with Gasteiger partial charge in [-0.05, 0) is 19.8 Å². The first-order chi connectivity index (χ1) is 9.64. The standard InChI is InChI=1S/C12H20ClN3O4S/c1-7(2)9-11(21(13,18)19)10(16-15-9)12(17)14-5-6-20-8(3)4/h7-8H,5-6H2,1-4H3,(H,14,17)(H,15,16). The molecule has 0 aromatic carbocycles. The summed E-state index contributed by atoms with van der Waals surface area (Å²) in [4.78, 5) is 11.8. The third-order valence-corrected chi connectivity index (χ3v) is 3.99. The Bertz CT molecular complexity index is 596. The summed E-state index contributed by atoms with van der Waals surface area (Å²) in [7, 11) is 1.34. The molecule has 7 nitrogen and oxygen atoms in total. The number of aromatic nitrogens is 2. The van der Waals surface area contributed by atoms with Crippen molar-refractivity contribution in [2.24, 2.45) is 0 Å². The van der Waals surface area contributed by atoms with E-state index in [0.717, 1.165) is 0 Å². The largest absolute Gasteiger partial charge is 0.377 e. The van der Waals surface area contributed by atoms with Gasteiger partial charge in [0, 0.05) is 17.2 Å². The Morgan fingerprint density at radius 1 is 1.38 bits per heavy atom. The third-order valence-electron chi connectivity index (χ3n) is 2.62. The van der Waals surface area contributed by atoms with E-state index >= 15 is 0 Å². The molecule has 0 radical (unpaired) electrons. The predicted octanol–water partition coefficient (Wildman–Crippen LogP) is 1.62. The van der Waals surface area contributed by atoms with Gasteiger partial charge in [-0.1, -0.05) is 13.8 Å². The molecule has 0 saturated carbocycles. The Labute approximate surface area is 128 Å². The summed E-state index contributed by atoms with van der Waals surface area (Å²) in [6, 6.07) is 0. The summed E-state index contributed by atoms with van der Waals surface area (Å²) in [5, 5.41) is 8.89. The first-order valence-electron chi connectivity index (χ1n) is 6.57. The minimum absolute atomic E-state index is 0.0543. The summed E-state index contributed by atoms with van der Waals surface area (Å²) in [5.41, 5.74) is 0.0897. The van der Waals surface area contributed by atoms with Crippen LogP contribution in [0.2, 0.25) is 0 Å². The van der Waals surface area contributed by atoms with Gasteiger partial charge in [-0.15, -0.1) is 0 Å². The van der Waals surface area contributed by atoms with Crippen molar-refractivity contribution in [3.8, 4) is 0 Å². The van der Waals surface area contributed by atoms with E-state index in [9.17, 15) is 13.2 Å². The molecule has 0 aliphatic rings. The lowest BCUT2D eigenvalue weighted by Crippen LogP contribution is -2.29. The molecule has 0 fully saturated rings. The van der Waals surface area contributed by atoms with E-state index in [0.29, 0.717) is 12.3 Å². The van der Waals surface area contributed by atoms with Crippen molar-refractivity contribution >= 4 is 25.6 Å². The fraction of sp³-hybridized carbons (Fsp3) is 0.667. The van der Waals surface area contributed by atoms with Gasteiger partial charge in [-0.25, -0.2) is 8.42 Å². The van der Waals surface area contributed by atoms with Crippen molar-refractivity contribution in [3.05, 3.63) is 11.4 Å². The highest BCUT2D eigenvalue weighted by Crippen LogP contribution is 2.27. The molecule has 1 aromatic heterocycles. The molecule has 2 N–H and O–H groups in total. The van der Waals surface area contributed by atoms with Crippen LogP contribution in [0.5, 0.6) is 0 Å². The van der Waals surface area contributed by atoms with Crippen molar-refractivity contribution in [1.82, 2.24) is 15.5 Å². The quantitative estimate of drug-likeness (QED) is 0.581. The second kappa shape index (κ2) is 7.24. The molecule has 1 amide bonds. The van der Waals surface area contributed by atoms with Gasteiger partial charge in [0.2, 0.25) is 0 Å². The number of halogens is 1. The van der Waals surface area contributed by atoms with Gasteiger partial charge in [-0.2, -0.15) is 5.10 Å². The number of H-pyrrole nitrogens is 1. The second-order valence-electron chi connectivity index (χ2n) is 5.08. The van der Waals surface area contributed by atoms with Gasteiger partial charge >= 0.3 is 0 Å². The SMILES string of the molecule is CC(C)OCCNC(=O)c1n[nH]c(C(C)C)c1S(=O)(=O)Cl. The molecule has 21 heavy (non-hydrogen) atoms. The first-order valence-corrected chi connectivity index (χ1v) is 8.88. The lowest BCUT2D eigenvalue weighted by Gasteiger charge is -2.08. The second-order valence-corrected chi connectivity index (χ2v) is 7.59. The number of carbonyl (C=O) groups excluding carboxylic acids is 1. The maximum absolute atomic E-state index is 12.0. The summed E-state index contributed by atoms with van der Waals surface area (Å²) in [6.07, 6.45) is 0.0543. The van der Waals surface area contributed by atoms with Crippen LogP contribution in [0, 0.1) is 0 Å². The number of hydrogen-bond donors (Lipinski definition) is 2. The van der Waals surface area contributed by atoms with E-state index in [2.05, 4.69) is 15.5 Å². The first kappa shape index (κ1) is 17.9. The molecule has 0 aliphatic carbocycles. The maximum atomic E-state index is 12.0.